The number of H-pyrrole nitrogens is 1. The molecule has 0 bridgehead atoms. The van der Waals surface area contributed by atoms with Gasteiger partial charge in [0, 0.05) is 24.8 Å². The van der Waals surface area contributed by atoms with E-state index in [9.17, 15) is 0 Å². The molecule has 3 heteroatoms. The van der Waals surface area contributed by atoms with Gasteiger partial charge < -0.3 is 9.72 Å². The van der Waals surface area contributed by atoms with Crippen LogP contribution in [0.5, 0.6) is 0 Å². The number of fused-ring (bicyclic) bond motifs is 1. The summed E-state index contributed by atoms with van der Waals surface area (Å²) in [6, 6.07) is 6.41. The number of aromatic nitrogens is 1. The van der Waals surface area contributed by atoms with Crippen LogP contribution in [0.3, 0.4) is 0 Å². The average molecular weight is 250 g/mol. The second-order valence-electron chi connectivity index (χ2n) is 4.78. The van der Waals surface area contributed by atoms with E-state index in [0.29, 0.717) is 0 Å². The lowest BCUT2D eigenvalue weighted by molar-refractivity contribution is 0.0665. The summed E-state index contributed by atoms with van der Waals surface area (Å²) in [5, 5.41) is 2.04. The van der Waals surface area contributed by atoms with Crippen molar-refractivity contribution in [2.75, 3.05) is 13.2 Å². The molecule has 0 radical (unpaired) electrons. The van der Waals surface area contributed by atoms with Crippen molar-refractivity contribution in [3.63, 3.8) is 0 Å². The Balaban J connectivity index is 1.84. The molecule has 0 unspecified atom stereocenters. The molecular weight excluding hydrogens is 234 g/mol. The molecule has 2 nitrogen and oxygen atoms in total. The van der Waals surface area contributed by atoms with Crippen molar-refractivity contribution in [2.24, 2.45) is 5.92 Å². The zero-order valence-electron chi connectivity index (χ0n) is 9.71. The molecule has 0 saturated carbocycles. The molecule has 0 spiro atoms. The van der Waals surface area contributed by atoms with E-state index in [1.54, 1.807) is 0 Å². The minimum Gasteiger partial charge on any atom is -0.381 e. The highest BCUT2D eigenvalue weighted by Crippen LogP contribution is 2.27. The topological polar surface area (TPSA) is 25.0 Å². The number of benzene rings is 1. The molecule has 1 saturated heterocycles. The third-order valence-corrected chi connectivity index (χ3v) is 3.83. The van der Waals surface area contributed by atoms with Crippen LogP contribution < -0.4 is 0 Å². The number of aromatic amines is 1. The van der Waals surface area contributed by atoms with E-state index in [-0.39, 0.29) is 0 Å². The van der Waals surface area contributed by atoms with E-state index in [1.165, 1.54) is 23.8 Å². The van der Waals surface area contributed by atoms with Gasteiger partial charge in [-0.25, -0.2) is 0 Å². The van der Waals surface area contributed by atoms with Crippen LogP contribution in [0.25, 0.3) is 10.9 Å². The van der Waals surface area contributed by atoms with Crippen LogP contribution in [0.1, 0.15) is 18.4 Å². The third-order valence-electron chi connectivity index (χ3n) is 3.54. The summed E-state index contributed by atoms with van der Waals surface area (Å²) >= 11 is 6.27. The number of rotatable bonds is 2. The second kappa shape index (κ2) is 4.71. The van der Waals surface area contributed by atoms with Crippen molar-refractivity contribution < 1.29 is 4.74 Å². The molecule has 0 amide bonds. The second-order valence-corrected chi connectivity index (χ2v) is 5.19. The van der Waals surface area contributed by atoms with Gasteiger partial charge in [0.05, 0.1) is 10.5 Å². The minimum atomic E-state index is 0.746. The number of ether oxygens (including phenoxy) is 1. The van der Waals surface area contributed by atoms with Gasteiger partial charge in [0.1, 0.15) is 0 Å². The lowest BCUT2D eigenvalue weighted by Crippen LogP contribution is -2.17. The van der Waals surface area contributed by atoms with Crippen molar-refractivity contribution in [3.8, 4) is 0 Å². The Bertz CT molecular complexity index is 514. The van der Waals surface area contributed by atoms with Crippen molar-refractivity contribution in [3.05, 3.63) is 35.0 Å². The van der Waals surface area contributed by atoms with Crippen molar-refractivity contribution in [2.45, 2.75) is 19.3 Å². The fourth-order valence-electron chi connectivity index (χ4n) is 2.59. The zero-order valence-corrected chi connectivity index (χ0v) is 10.5. The van der Waals surface area contributed by atoms with Crippen LogP contribution in [0.4, 0.5) is 0 Å². The maximum absolute atomic E-state index is 6.27. The number of halogens is 1. The minimum absolute atomic E-state index is 0.746. The Labute approximate surface area is 106 Å². The van der Waals surface area contributed by atoms with Gasteiger partial charge in [-0.15, -0.1) is 0 Å². The fraction of sp³-hybridized carbons (Fsp3) is 0.429. The Morgan fingerprint density at radius 2 is 2.12 bits per heavy atom. The van der Waals surface area contributed by atoms with Gasteiger partial charge in [0.25, 0.3) is 0 Å². The quantitative estimate of drug-likeness (QED) is 0.861. The van der Waals surface area contributed by atoms with Gasteiger partial charge in [-0.05, 0) is 48.9 Å². The van der Waals surface area contributed by atoms with Gasteiger partial charge in [0.15, 0.2) is 0 Å². The number of nitrogens with one attached hydrogen (secondary N) is 1. The average Bonchev–Trinajstić information content (AvgIpc) is 2.79. The summed E-state index contributed by atoms with van der Waals surface area (Å²) < 4.78 is 5.39. The summed E-state index contributed by atoms with van der Waals surface area (Å²) in [5.41, 5.74) is 2.39. The summed E-state index contributed by atoms with van der Waals surface area (Å²) in [6.07, 6.45) is 5.39. The predicted octanol–water partition coefficient (Wildman–Crippen LogP) is 3.79. The summed E-state index contributed by atoms with van der Waals surface area (Å²) in [7, 11) is 0. The molecule has 1 fully saturated rings. The Morgan fingerprint density at radius 3 is 2.94 bits per heavy atom. The van der Waals surface area contributed by atoms with Gasteiger partial charge in [-0.1, -0.05) is 11.6 Å². The number of hydrogen-bond donors (Lipinski definition) is 1. The highest BCUT2D eigenvalue weighted by molar-refractivity contribution is 6.35. The molecular formula is C14H16ClNO. The van der Waals surface area contributed by atoms with Crippen LogP contribution in [0, 0.1) is 5.92 Å². The lowest BCUT2D eigenvalue weighted by atomic mass is 9.92. The van der Waals surface area contributed by atoms with Crippen LogP contribution in [-0.4, -0.2) is 18.2 Å². The molecule has 90 valence electrons. The monoisotopic (exact) mass is 249 g/mol. The lowest BCUT2D eigenvalue weighted by Gasteiger charge is -2.22. The van der Waals surface area contributed by atoms with Gasteiger partial charge in [0.2, 0.25) is 0 Å². The SMILES string of the molecule is Clc1cc(CC2CCOCC2)cc2cc[nH]c12. The first-order chi connectivity index (χ1) is 8.33. The summed E-state index contributed by atoms with van der Waals surface area (Å²) in [4.78, 5) is 3.17. The van der Waals surface area contributed by atoms with E-state index in [4.69, 9.17) is 16.3 Å². The molecule has 1 aromatic carbocycles. The smallest absolute Gasteiger partial charge is 0.0649 e. The van der Waals surface area contributed by atoms with E-state index < -0.39 is 0 Å². The Morgan fingerprint density at radius 1 is 1.29 bits per heavy atom. The number of hydrogen-bond acceptors (Lipinski definition) is 1. The van der Waals surface area contributed by atoms with E-state index in [2.05, 4.69) is 23.2 Å². The van der Waals surface area contributed by atoms with Crippen LogP contribution in [0.2, 0.25) is 5.02 Å². The molecule has 0 aliphatic carbocycles. The molecule has 0 atom stereocenters. The van der Waals surface area contributed by atoms with Gasteiger partial charge >= 0.3 is 0 Å². The fourth-order valence-corrected chi connectivity index (χ4v) is 2.89. The molecule has 1 aliphatic rings. The maximum Gasteiger partial charge on any atom is 0.0649 e. The molecule has 3 rings (SSSR count). The van der Waals surface area contributed by atoms with Crippen molar-refractivity contribution >= 4 is 22.5 Å². The van der Waals surface area contributed by atoms with Gasteiger partial charge in [-0.3, -0.25) is 0 Å². The molecule has 2 heterocycles. The first-order valence-electron chi connectivity index (χ1n) is 6.16. The zero-order chi connectivity index (χ0) is 11.7. The van der Waals surface area contributed by atoms with E-state index >= 15 is 0 Å². The molecule has 1 aliphatic heterocycles. The van der Waals surface area contributed by atoms with E-state index in [0.717, 1.165) is 36.1 Å². The van der Waals surface area contributed by atoms with E-state index in [1.807, 2.05) is 6.20 Å². The highest BCUT2D eigenvalue weighted by atomic mass is 35.5. The van der Waals surface area contributed by atoms with Gasteiger partial charge in [-0.2, -0.15) is 0 Å². The first-order valence-corrected chi connectivity index (χ1v) is 6.54. The molecule has 1 aromatic heterocycles. The standard InChI is InChI=1S/C14H16ClNO/c15-13-9-11(7-10-2-5-17-6-3-10)8-12-1-4-16-14(12)13/h1,4,8-10,16H,2-3,5-7H2. The Hall–Kier alpha value is -0.990. The highest BCUT2D eigenvalue weighted by Gasteiger charge is 2.15. The van der Waals surface area contributed by atoms with Crippen LogP contribution in [0.15, 0.2) is 24.4 Å². The first kappa shape index (κ1) is 11.1. The summed E-state index contributed by atoms with van der Waals surface area (Å²) in [6.45, 7) is 1.82. The maximum atomic E-state index is 6.27. The molecule has 17 heavy (non-hydrogen) atoms. The normalized spacial score (nSPS) is 17.7. The predicted molar refractivity (Wildman–Crippen MR) is 70.6 cm³/mol. The summed E-state index contributed by atoms with van der Waals surface area (Å²) in [5.74, 6) is 0.746. The third kappa shape index (κ3) is 2.33. The van der Waals surface area contributed by atoms with Crippen molar-refractivity contribution in [1.29, 1.82) is 0 Å². The van der Waals surface area contributed by atoms with Crippen molar-refractivity contribution in [1.82, 2.24) is 4.98 Å². The molecule has 2 aromatic rings. The van der Waals surface area contributed by atoms with Crippen LogP contribution >= 0.6 is 11.6 Å². The largest absolute Gasteiger partial charge is 0.381 e. The molecule has 1 N–H and O–H groups in total. The van der Waals surface area contributed by atoms with Crippen LogP contribution in [-0.2, 0) is 11.2 Å². The Kier molecular flexibility index (Phi) is 3.08.